The molecule has 13 heteroatoms. The Morgan fingerprint density at radius 3 is 2.71 bits per heavy atom. The first-order valence-electron chi connectivity index (χ1n) is 9.09. The van der Waals surface area contributed by atoms with Crippen LogP contribution in [0.4, 0.5) is 13.2 Å². The Hall–Kier alpha value is -3.19. The van der Waals surface area contributed by atoms with Crippen molar-refractivity contribution < 1.29 is 26.4 Å². The largest absolute Gasteiger partial charge is 0.435 e. The number of amides is 1. The molecular weight excluding hydrogens is 437 g/mol. The van der Waals surface area contributed by atoms with Crippen LogP contribution in [0.5, 0.6) is 0 Å². The van der Waals surface area contributed by atoms with E-state index in [1.807, 2.05) is 0 Å². The van der Waals surface area contributed by atoms with E-state index in [4.69, 9.17) is 0 Å². The fourth-order valence-electron chi connectivity index (χ4n) is 2.92. The summed E-state index contributed by atoms with van der Waals surface area (Å²) in [5.74, 6) is -1.10. The zero-order valence-corrected chi connectivity index (χ0v) is 17.3. The second-order valence-corrected chi connectivity index (χ2v) is 8.01. The number of aryl methyl sites for hydroxylation is 1. The lowest BCUT2D eigenvalue weighted by Gasteiger charge is -2.08. The average molecular weight is 456 g/mol. The van der Waals surface area contributed by atoms with Crippen LogP contribution in [0.15, 0.2) is 36.7 Å². The number of halogens is 3. The predicted molar refractivity (Wildman–Crippen MR) is 107 cm³/mol. The van der Waals surface area contributed by atoms with Crippen molar-refractivity contribution in [1.82, 2.24) is 28.8 Å². The number of nitrogens with zero attached hydrogens (tertiary/aromatic N) is 4. The van der Waals surface area contributed by atoms with Gasteiger partial charge in [-0.25, -0.2) is 9.71 Å². The normalized spacial score (nSPS) is 12.7. The van der Waals surface area contributed by atoms with Gasteiger partial charge in [-0.2, -0.15) is 31.4 Å². The fourth-order valence-corrected chi connectivity index (χ4v) is 3.79. The Balaban J connectivity index is 2.05. The molecule has 0 aromatic carbocycles. The Bertz CT molecular complexity index is 1240. The third-order valence-corrected chi connectivity index (χ3v) is 5.23. The van der Waals surface area contributed by atoms with E-state index in [1.54, 1.807) is 29.8 Å². The monoisotopic (exact) mass is 456 g/mol. The topological polar surface area (TPSA) is 111 Å². The quantitative estimate of drug-likeness (QED) is 0.530. The number of alkyl halides is 3. The van der Waals surface area contributed by atoms with Gasteiger partial charge in [0.15, 0.2) is 5.69 Å². The van der Waals surface area contributed by atoms with Gasteiger partial charge in [-0.15, -0.1) is 0 Å². The molecule has 0 saturated heterocycles. The summed E-state index contributed by atoms with van der Waals surface area (Å²) < 4.78 is 70.6. The smallest absolute Gasteiger partial charge is 0.285 e. The highest BCUT2D eigenvalue weighted by atomic mass is 32.2. The maximum Gasteiger partial charge on any atom is 0.435 e. The highest BCUT2D eigenvalue weighted by molar-refractivity contribution is 7.88. The lowest BCUT2D eigenvalue weighted by molar-refractivity contribution is -0.141. The van der Waals surface area contributed by atoms with Gasteiger partial charge < -0.3 is 0 Å². The van der Waals surface area contributed by atoms with Gasteiger partial charge in [-0.3, -0.25) is 14.0 Å². The summed E-state index contributed by atoms with van der Waals surface area (Å²) in [6, 6.07) is 5.11. The van der Waals surface area contributed by atoms with E-state index in [-0.39, 0.29) is 12.4 Å². The minimum Gasteiger partial charge on any atom is -0.285 e. The molecule has 9 nitrogen and oxygen atoms in total. The van der Waals surface area contributed by atoms with Crippen molar-refractivity contribution in [2.75, 3.05) is 6.54 Å². The maximum atomic E-state index is 13.6. The number of carbonyl (C=O) groups is 1. The standard InChI is InChI=1S/C18H19F3N6O3S/c1-3-9-23-31(29,30)25-14(28)7-6-13-15(18(19,20)21)24-26(2)17(13)27-11-8-12-5-4-10-22-16(12)27/h4-8,10-11,23H,3,9H2,1-2H3,(H,25,28)/b7-6+. The second kappa shape index (κ2) is 8.51. The van der Waals surface area contributed by atoms with Gasteiger partial charge >= 0.3 is 16.4 Å². The zero-order valence-electron chi connectivity index (χ0n) is 16.5. The Morgan fingerprint density at radius 1 is 1.29 bits per heavy atom. The summed E-state index contributed by atoms with van der Waals surface area (Å²) in [6.07, 6.45) is 0.308. The van der Waals surface area contributed by atoms with Gasteiger partial charge in [-0.05, 0) is 30.7 Å². The van der Waals surface area contributed by atoms with E-state index in [2.05, 4.69) is 14.8 Å². The number of pyridine rings is 1. The van der Waals surface area contributed by atoms with Crippen molar-refractivity contribution >= 4 is 33.2 Å². The average Bonchev–Trinajstić information content (AvgIpc) is 3.24. The van der Waals surface area contributed by atoms with Crippen LogP contribution in [0, 0.1) is 0 Å². The van der Waals surface area contributed by atoms with Crippen LogP contribution in [0.2, 0.25) is 0 Å². The molecule has 3 aromatic rings. The molecule has 0 bridgehead atoms. The Morgan fingerprint density at radius 2 is 2.03 bits per heavy atom. The van der Waals surface area contributed by atoms with Crippen LogP contribution >= 0.6 is 0 Å². The van der Waals surface area contributed by atoms with Crippen molar-refractivity contribution in [2.45, 2.75) is 19.5 Å². The molecule has 0 aliphatic rings. The van der Waals surface area contributed by atoms with Gasteiger partial charge in [0.05, 0.1) is 5.56 Å². The predicted octanol–water partition coefficient (Wildman–Crippen LogP) is 2.15. The number of aromatic nitrogens is 4. The number of hydrogen-bond acceptors (Lipinski definition) is 5. The van der Waals surface area contributed by atoms with Crippen LogP contribution < -0.4 is 9.44 Å². The van der Waals surface area contributed by atoms with Crippen molar-refractivity contribution in [3.05, 3.63) is 47.9 Å². The molecule has 0 aliphatic carbocycles. The van der Waals surface area contributed by atoms with Crippen LogP contribution in [-0.2, 0) is 28.2 Å². The Labute approximate surface area is 175 Å². The summed E-state index contributed by atoms with van der Waals surface area (Å²) in [6.45, 7) is 1.83. The molecule has 31 heavy (non-hydrogen) atoms. The third kappa shape index (κ3) is 4.94. The van der Waals surface area contributed by atoms with E-state index in [0.29, 0.717) is 23.5 Å². The first kappa shape index (κ1) is 22.5. The van der Waals surface area contributed by atoms with Crippen molar-refractivity contribution in [3.63, 3.8) is 0 Å². The minimum atomic E-state index is -4.81. The SMILES string of the molecule is CCCNS(=O)(=O)NC(=O)/C=C/c1c(C(F)(F)F)nn(C)c1-n1ccc2cccnc21. The third-order valence-electron chi connectivity index (χ3n) is 4.18. The molecule has 3 heterocycles. The molecule has 0 saturated carbocycles. The van der Waals surface area contributed by atoms with Crippen molar-refractivity contribution in [3.8, 4) is 5.82 Å². The van der Waals surface area contributed by atoms with Crippen LogP contribution in [0.1, 0.15) is 24.6 Å². The maximum absolute atomic E-state index is 13.6. The van der Waals surface area contributed by atoms with Gasteiger partial charge in [0.25, 0.3) is 5.91 Å². The number of nitrogens with one attached hydrogen (secondary N) is 2. The molecule has 0 spiro atoms. The van der Waals surface area contributed by atoms with E-state index in [9.17, 15) is 26.4 Å². The summed E-state index contributed by atoms with van der Waals surface area (Å²) in [4.78, 5) is 16.2. The minimum absolute atomic E-state index is 0.0111. The molecule has 3 rings (SSSR count). The first-order chi connectivity index (χ1) is 14.5. The molecular formula is C18H19F3N6O3S. The van der Waals surface area contributed by atoms with E-state index >= 15 is 0 Å². The molecule has 166 valence electrons. The molecule has 2 N–H and O–H groups in total. The van der Waals surface area contributed by atoms with E-state index in [0.717, 1.165) is 10.8 Å². The van der Waals surface area contributed by atoms with Gasteiger partial charge in [0.2, 0.25) is 0 Å². The number of hydrogen-bond donors (Lipinski definition) is 2. The van der Waals surface area contributed by atoms with Crippen LogP contribution in [0.3, 0.4) is 0 Å². The molecule has 0 atom stereocenters. The molecule has 1 amide bonds. The van der Waals surface area contributed by atoms with Crippen molar-refractivity contribution in [1.29, 1.82) is 0 Å². The van der Waals surface area contributed by atoms with Crippen LogP contribution in [-0.4, -0.2) is 40.2 Å². The lowest BCUT2D eigenvalue weighted by atomic mass is 10.2. The van der Waals surface area contributed by atoms with Crippen LogP contribution in [0.25, 0.3) is 22.9 Å². The molecule has 3 aromatic heterocycles. The lowest BCUT2D eigenvalue weighted by Crippen LogP contribution is -2.39. The Kier molecular flexibility index (Phi) is 6.18. The second-order valence-electron chi connectivity index (χ2n) is 6.51. The molecule has 0 unspecified atom stereocenters. The number of carbonyl (C=O) groups excluding carboxylic acids is 1. The highest BCUT2D eigenvalue weighted by Crippen LogP contribution is 2.35. The zero-order chi connectivity index (χ0) is 22.8. The van der Waals surface area contributed by atoms with Gasteiger partial charge in [0.1, 0.15) is 11.5 Å². The fraction of sp³-hybridized carbons (Fsp3) is 0.278. The summed E-state index contributed by atoms with van der Waals surface area (Å²) in [5.41, 5.74) is -1.24. The van der Waals surface area contributed by atoms with Gasteiger partial charge in [-0.1, -0.05) is 6.92 Å². The van der Waals surface area contributed by atoms with Crippen molar-refractivity contribution in [2.24, 2.45) is 7.05 Å². The summed E-state index contributed by atoms with van der Waals surface area (Å²) in [5, 5.41) is 4.26. The summed E-state index contributed by atoms with van der Waals surface area (Å²) in [7, 11) is -2.79. The summed E-state index contributed by atoms with van der Waals surface area (Å²) >= 11 is 0. The first-order valence-corrected chi connectivity index (χ1v) is 10.6. The van der Waals surface area contributed by atoms with E-state index < -0.39 is 33.6 Å². The highest BCUT2D eigenvalue weighted by Gasteiger charge is 2.38. The van der Waals surface area contributed by atoms with E-state index in [1.165, 1.54) is 24.0 Å². The van der Waals surface area contributed by atoms with Gasteiger partial charge in [0, 0.05) is 37.4 Å². The molecule has 0 aliphatic heterocycles. The number of fused-ring (bicyclic) bond motifs is 1. The number of rotatable bonds is 7. The molecule has 0 fully saturated rings. The molecule has 0 radical (unpaired) electrons.